The van der Waals surface area contributed by atoms with Crippen molar-refractivity contribution in [2.75, 3.05) is 0 Å². The molecule has 2 aromatic carbocycles. The van der Waals surface area contributed by atoms with Crippen LogP contribution in [0.15, 0.2) is 66.0 Å². The van der Waals surface area contributed by atoms with E-state index in [1.54, 1.807) is 24.3 Å². The Morgan fingerprint density at radius 3 is 2.33 bits per heavy atom. The third-order valence-electron chi connectivity index (χ3n) is 3.40. The van der Waals surface area contributed by atoms with Gasteiger partial charge in [0.1, 0.15) is 5.75 Å². The van der Waals surface area contributed by atoms with E-state index in [4.69, 9.17) is 5.11 Å². The lowest BCUT2D eigenvalue weighted by Gasteiger charge is -1.99. The fourth-order valence-electron chi connectivity index (χ4n) is 2.04. The van der Waals surface area contributed by atoms with Crippen molar-refractivity contribution in [1.82, 2.24) is 4.98 Å². The van der Waals surface area contributed by atoms with Crippen LogP contribution in [0.1, 0.15) is 11.1 Å². The van der Waals surface area contributed by atoms with Gasteiger partial charge in [0, 0.05) is 11.5 Å². The predicted molar refractivity (Wildman–Crippen MR) is 94.1 cm³/mol. The largest absolute Gasteiger partial charge is 0.506 e. The van der Waals surface area contributed by atoms with Crippen molar-refractivity contribution in [3.63, 3.8) is 0 Å². The Hall–Kier alpha value is -3.34. The van der Waals surface area contributed by atoms with E-state index in [0.29, 0.717) is 11.1 Å². The number of fused-ring (bicyclic) bond motifs is 1. The summed E-state index contributed by atoms with van der Waals surface area (Å²) in [6, 6.07) is 15.4. The van der Waals surface area contributed by atoms with Crippen molar-refractivity contribution in [3.05, 3.63) is 82.7 Å². The molecule has 0 unspecified atom stereocenters. The summed E-state index contributed by atoms with van der Waals surface area (Å²) in [4.78, 5) is 23.9. The number of rotatable bonds is 2. The number of hydrogen-bond donors (Lipinski definition) is 3. The average molecular weight is 323 g/mol. The number of phenolic OH excluding ortho intramolecular Hbond substituents is 1. The molecule has 24 heavy (non-hydrogen) atoms. The Bertz CT molecular complexity index is 939. The van der Waals surface area contributed by atoms with Gasteiger partial charge in [-0.2, -0.15) is 0 Å². The second-order valence-electron chi connectivity index (χ2n) is 5.21. The number of carboxylic acid groups (broad SMARTS) is 1. The average Bonchev–Trinajstić information content (AvgIpc) is 2.56. The summed E-state index contributed by atoms with van der Waals surface area (Å²) in [5.74, 6) is -0.871. The number of nitrogens with one attached hydrogen (secondary N) is 1. The lowest BCUT2D eigenvalue weighted by Crippen LogP contribution is -2.01. The fourth-order valence-corrected chi connectivity index (χ4v) is 2.04. The normalized spacial score (nSPS) is 9.88. The molecule has 0 fully saturated rings. The highest BCUT2D eigenvalue weighted by molar-refractivity contribution is 6.14. The van der Waals surface area contributed by atoms with Crippen LogP contribution in [0.5, 0.6) is 5.75 Å². The van der Waals surface area contributed by atoms with Crippen LogP contribution in [-0.2, 0) is 4.79 Å². The van der Waals surface area contributed by atoms with Crippen molar-refractivity contribution >= 4 is 22.4 Å². The van der Waals surface area contributed by atoms with E-state index in [9.17, 15) is 14.7 Å². The molecule has 1 heterocycles. The van der Waals surface area contributed by atoms with Gasteiger partial charge in [0.15, 0.2) is 0 Å². The molecule has 0 aliphatic rings. The van der Waals surface area contributed by atoms with Crippen LogP contribution in [0.4, 0.5) is 0 Å². The molecule has 0 saturated carbocycles. The van der Waals surface area contributed by atoms with Gasteiger partial charge in [-0.15, -0.1) is 0 Å². The molecule has 122 valence electrons. The van der Waals surface area contributed by atoms with E-state index in [2.05, 4.69) is 11.6 Å². The van der Waals surface area contributed by atoms with E-state index in [0.717, 1.165) is 10.9 Å². The fraction of sp³-hybridized carbons (Fsp3) is 0.0526. The predicted octanol–water partition coefficient (Wildman–Crippen LogP) is 3.33. The third-order valence-corrected chi connectivity index (χ3v) is 3.40. The Kier molecular flexibility index (Phi) is 5.16. The van der Waals surface area contributed by atoms with E-state index in [1.807, 2.05) is 25.1 Å². The van der Waals surface area contributed by atoms with E-state index < -0.39 is 5.97 Å². The van der Waals surface area contributed by atoms with Crippen LogP contribution in [-0.4, -0.2) is 21.2 Å². The van der Waals surface area contributed by atoms with Gasteiger partial charge < -0.3 is 15.2 Å². The van der Waals surface area contributed by atoms with Gasteiger partial charge in [-0.05, 0) is 24.6 Å². The second-order valence-corrected chi connectivity index (χ2v) is 5.21. The lowest BCUT2D eigenvalue weighted by molar-refractivity contribution is -0.130. The standard InChI is InChI=1S/C10H10O2.C9H7NO2/c1-7-3-5-9(6-4-7)8(2)10(11)12;11-7-3-1-2-6-4-5-8(12)10-9(6)7/h3-6H,2H2,1H3,(H,11,12);1-5,11H,(H,10,12). The summed E-state index contributed by atoms with van der Waals surface area (Å²) in [6.07, 6.45) is 0. The molecule has 3 rings (SSSR count). The summed E-state index contributed by atoms with van der Waals surface area (Å²) in [6.45, 7) is 5.41. The van der Waals surface area contributed by atoms with Gasteiger partial charge in [0.05, 0.1) is 11.1 Å². The maximum absolute atomic E-state index is 10.9. The Morgan fingerprint density at radius 2 is 1.71 bits per heavy atom. The molecule has 0 amide bonds. The molecule has 3 aromatic rings. The minimum absolute atomic E-state index is 0.102. The van der Waals surface area contributed by atoms with Crippen LogP contribution >= 0.6 is 0 Å². The maximum atomic E-state index is 10.9. The van der Waals surface area contributed by atoms with Crippen LogP contribution in [0.2, 0.25) is 0 Å². The minimum Gasteiger partial charge on any atom is -0.506 e. The zero-order valence-electron chi connectivity index (χ0n) is 13.1. The number of pyridine rings is 1. The van der Waals surface area contributed by atoms with Gasteiger partial charge in [0.2, 0.25) is 5.56 Å². The maximum Gasteiger partial charge on any atom is 0.335 e. The number of phenols is 1. The van der Waals surface area contributed by atoms with E-state index >= 15 is 0 Å². The molecule has 0 bridgehead atoms. The summed E-state index contributed by atoms with van der Waals surface area (Å²) in [7, 11) is 0. The second kappa shape index (κ2) is 7.28. The highest BCUT2D eigenvalue weighted by Gasteiger charge is 2.05. The zero-order chi connectivity index (χ0) is 17.7. The van der Waals surface area contributed by atoms with Crippen molar-refractivity contribution in [2.45, 2.75) is 6.92 Å². The number of carbonyl (C=O) groups is 1. The molecular weight excluding hydrogens is 306 g/mol. The zero-order valence-corrected chi connectivity index (χ0v) is 13.1. The number of para-hydroxylation sites is 1. The summed E-state index contributed by atoms with van der Waals surface area (Å²) < 4.78 is 0. The van der Waals surface area contributed by atoms with Gasteiger partial charge in [-0.25, -0.2) is 4.79 Å². The Labute approximate surface area is 138 Å². The van der Waals surface area contributed by atoms with Crippen LogP contribution in [0.3, 0.4) is 0 Å². The van der Waals surface area contributed by atoms with E-state index in [-0.39, 0.29) is 16.9 Å². The SMILES string of the molecule is C=C(C(=O)O)c1ccc(C)cc1.O=c1ccc2cccc(O)c2[nH]1. The number of H-pyrrole nitrogens is 1. The molecule has 0 atom stereocenters. The monoisotopic (exact) mass is 323 g/mol. The number of aryl methyl sites for hydroxylation is 1. The van der Waals surface area contributed by atoms with Gasteiger partial charge in [-0.1, -0.05) is 48.5 Å². The van der Waals surface area contributed by atoms with Crippen molar-refractivity contribution in [2.24, 2.45) is 0 Å². The summed E-state index contributed by atoms with van der Waals surface area (Å²) in [5, 5.41) is 18.8. The molecule has 1 aromatic heterocycles. The number of benzene rings is 2. The minimum atomic E-state index is -0.973. The first-order valence-electron chi connectivity index (χ1n) is 7.19. The molecule has 5 nitrogen and oxygen atoms in total. The smallest absolute Gasteiger partial charge is 0.335 e. The first-order chi connectivity index (χ1) is 11.4. The van der Waals surface area contributed by atoms with Crippen molar-refractivity contribution in [1.29, 1.82) is 0 Å². The van der Waals surface area contributed by atoms with E-state index in [1.165, 1.54) is 12.1 Å². The highest BCUT2D eigenvalue weighted by Crippen LogP contribution is 2.19. The van der Waals surface area contributed by atoms with Gasteiger partial charge in [0.25, 0.3) is 0 Å². The molecule has 0 aliphatic carbocycles. The summed E-state index contributed by atoms with van der Waals surface area (Å²) in [5.41, 5.74) is 2.19. The van der Waals surface area contributed by atoms with Crippen molar-refractivity contribution < 1.29 is 15.0 Å². The Morgan fingerprint density at radius 1 is 1.04 bits per heavy atom. The first kappa shape index (κ1) is 17.0. The molecular formula is C19H17NO4. The topological polar surface area (TPSA) is 90.4 Å². The number of hydrogen-bond acceptors (Lipinski definition) is 3. The molecule has 0 aliphatic heterocycles. The molecule has 5 heteroatoms. The number of aromatic nitrogens is 1. The third kappa shape index (κ3) is 4.10. The molecule has 0 saturated heterocycles. The van der Waals surface area contributed by atoms with Crippen LogP contribution in [0, 0.1) is 6.92 Å². The van der Waals surface area contributed by atoms with Crippen molar-refractivity contribution in [3.8, 4) is 5.75 Å². The van der Waals surface area contributed by atoms with Crippen LogP contribution < -0.4 is 5.56 Å². The number of carboxylic acids is 1. The molecule has 0 spiro atoms. The lowest BCUT2D eigenvalue weighted by atomic mass is 10.1. The summed E-state index contributed by atoms with van der Waals surface area (Å²) >= 11 is 0. The number of aromatic hydroxyl groups is 1. The first-order valence-corrected chi connectivity index (χ1v) is 7.19. The highest BCUT2D eigenvalue weighted by atomic mass is 16.4. The van der Waals surface area contributed by atoms with Gasteiger partial charge >= 0.3 is 5.97 Å². The number of aromatic amines is 1. The van der Waals surface area contributed by atoms with Gasteiger partial charge in [-0.3, -0.25) is 4.79 Å². The Balaban J connectivity index is 0.000000174. The molecule has 3 N–H and O–H groups in total. The molecule has 0 radical (unpaired) electrons. The number of aliphatic carboxylic acids is 1. The quantitative estimate of drug-likeness (QED) is 0.631. The van der Waals surface area contributed by atoms with Crippen LogP contribution in [0.25, 0.3) is 16.5 Å².